The minimum absolute atomic E-state index is 0.0448. The van der Waals surface area contributed by atoms with Crippen LogP contribution in [-0.2, 0) is 30.6 Å². The number of ether oxygens (including phenoxy) is 1. The topological polar surface area (TPSA) is 114 Å². The fourth-order valence-electron chi connectivity index (χ4n) is 4.25. The van der Waals surface area contributed by atoms with Crippen LogP contribution in [0.2, 0.25) is 0 Å². The summed E-state index contributed by atoms with van der Waals surface area (Å²) in [6, 6.07) is 0.308. The zero-order valence-corrected chi connectivity index (χ0v) is 16.5. The number of fused-ring (bicyclic) bond motifs is 2. The summed E-state index contributed by atoms with van der Waals surface area (Å²) in [4.78, 5) is 27.5. The fraction of sp³-hybridized carbons (Fsp3) is 0.688. The van der Waals surface area contributed by atoms with Gasteiger partial charge in [-0.15, -0.1) is 11.3 Å². The minimum Gasteiger partial charge on any atom is -0.483 e. The normalized spacial score (nSPS) is 27.6. The van der Waals surface area contributed by atoms with Crippen molar-refractivity contribution in [1.82, 2.24) is 9.88 Å². The van der Waals surface area contributed by atoms with E-state index >= 15 is 0 Å². The number of esters is 1. The lowest BCUT2D eigenvalue weighted by Crippen LogP contribution is -2.46. The first kappa shape index (κ1) is 20.8. The predicted molar refractivity (Wildman–Crippen MR) is 96.8 cm³/mol. The molecule has 3 atom stereocenters. The van der Waals surface area contributed by atoms with Crippen molar-refractivity contribution in [3.63, 3.8) is 0 Å². The van der Waals surface area contributed by atoms with E-state index < -0.39 is 15.3 Å². The summed E-state index contributed by atoms with van der Waals surface area (Å²) >= 11 is 1.52. The van der Waals surface area contributed by atoms with E-state index in [1.54, 1.807) is 5.51 Å². The Hall–Kier alpha value is -1.52. The Morgan fingerprint density at radius 3 is 2.77 bits per heavy atom. The molecule has 26 heavy (non-hydrogen) atoms. The molecule has 3 rings (SSSR count). The standard InChI is InChI=1S/C15H22N2O4S2.CH2O2/c1-21-14(18)15(7-11-9-22-10-16-11)8-12-3-4-13(15)17(12)5-6-23(2,19)20;2-1-3/h9-10,12-13H,3-8H2,1-2H3;1H,(H,2,3)/t12-,13+,15+;/m1./s1. The Morgan fingerprint density at radius 1 is 1.54 bits per heavy atom. The molecule has 1 N–H and O–H groups in total. The molecule has 3 heterocycles. The zero-order valence-electron chi connectivity index (χ0n) is 14.8. The second-order valence-corrected chi connectivity index (χ2v) is 9.71. The molecule has 0 radical (unpaired) electrons. The van der Waals surface area contributed by atoms with E-state index in [0.717, 1.165) is 25.0 Å². The van der Waals surface area contributed by atoms with Gasteiger partial charge in [-0.2, -0.15) is 0 Å². The quantitative estimate of drug-likeness (QED) is 0.548. The summed E-state index contributed by atoms with van der Waals surface area (Å²) in [6.07, 6.45) is 4.48. The summed E-state index contributed by atoms with van der Waals surface area (Å²) in [7, 11) is -1.58. The molecule has 2 aliphatic rings. The third-order valence-electron chi connectivity index (χ3n) is 5.17. The van der Waals surface area contributed by atoms with Gasteiger partial charge in [0.15, 0.2) is 0 Å². The third kappa shape index (κ3) is 4.41. The molecule has 0 unspecified atom stereocenters. The minimum atomic E-state index is -3.01. The number of hydrogen-bond acceptors (Lipinski definition) is 8. The van der Waals surface area contributed by atoms with Gasteiger partial charge >= 0.3 is 5.97 Å². The van der Waals surface area contributed by atoms with Gasteiger partial charge in [-0.25, -0.2) is 13.4 Å². The highest BCUT2D eigenvalue weighted by Gasteiger charge is 2.60. The number of nitrogens with zero attached hydrogens (tertiary/aromatic N) is 2. The SMILES string of the molecule is COC(=O)[C@@]1(Cc2cscn2)C[C@H]2CC[C@@H]1N2CCS(C)(=O)=O.O=CO. The van der Waals surface area contributed by atoms with Gasteiger partial charge in [0.2, 0.25) is 0 Å². The third-order valence-corrected chi connectivity index (χ3v) is 6.73. The van der Waals surface area contributed by atoms with Gasteiger partial charge in [0, 0.05) is 36.7 Å². The Balaban J connectivity index is 0.000000758. The summed E-state index contributed by atoms with van der Waals surface area (Å²) in [5.74, 6) is -0.0597. The summed E-state index contributed by atoms with van der Waals surface area (Å²) in [6.45, 7) is 0.240. The highest BCUT2D eigenvalue weighted by molar-refractivity contribution is 7.90. The number of methoxy groups -OCH3 is 1. The number of carbonyl (C=O) groups excluding carboxylic acids is 1. The van der Waals surface area contributed by atoms with Crippen molar-refractivity contribution in [2.75, 3.05) is 25.7 Å². The number of carbonyl (C=O) groups is 2. The molecule has 2 aliphatic heterocycles. The molecule has 1 aromatic rings. The average Bonchev–Trinajstić information content (AvgIpc) is 3.28. The lowest BCUT2D eigenvalue weighted by atomic mass is 9.71. The van der Waals surface area contributed by atoms with Gasteiger partial charge in [0.1, 0.15) is 9.84 Å². The molecule has 10 heteroatoms. The van der Waals surface area contributed by atoms with Crippen LogP contribution in [0.5, 0.6) is 0 Å². The van der Waals surface area contributed by atoms with Gasteiger partial charge in [-0.05, 0) is 19.3 Å². The molecule has 2 bridgehead atoms. The van der Waals surface area contributed by atoms with Crippen LogP contribution in [0.3, 0.4) is 0 Å². The molecular weight excluding hydrogens is 380 g/mol. The van der Waals surface area contributed by atoms with E-state index in [1.165, 1.54) is 24.7 Å². The van der Waals surface area contributed by atoms with Crippen molar-refractivity contribution in [2.24, 2.45) is 5.41 Å². The van der Waals surface area contributed by atoms with Crippen LogP contribution >= 0.6 is 11.3 Å². The number of rotatable bonds is 6. The fourth-order valence-corrected chi connectivity index (χ4v) is 5.35. The Labute approximate surface area is 157 Å². The van der Waals surface area contributed by atoms with Gasteiger partial charge in [-0.1, -0.05) is 0 Å². The number of carboxylic acid groups (broad SMARTS) is 1. The number of hydrogen-bond donors (Lipinski definition) is 1. The smallest absolute Gasteiger partial charge is 0.313 e. The molecule has 0 aliphatic carbocycles. The van der Waals surface area contributed by atoms with Crippen LogP contribution in [0, 0.1) is 5.41 Å². The van der Waals surface area contributed by atoms with E-state index in [9.17, 15) is 13.2 Å². The highest BCUT2D eigenvalue weighted by Crippen LogP contribution is 2.52. The van der Waals surface area contributed by atoms with Crippen molar-refractivity contribution < 1.29 is 27.9 Å². The summed E-state index contributed by atoms with van der Waals surface area (Å²) < 4.78 is 28.1. The zero-order chi connectivity index (χ0) is 19.4. The van der Waals surface area contributed by atoms with Crippen molar-refractivity contribution >= 4 is 33.6 Å². The molecule has 0 saturated carbocycles. The molecule has 0 aromatic carbocycles. The largest absolute Gasteiger partial charge is 0.483 e. The number of thiazole rings is 1. The van der Waals surface area contributed by atoms with Gasteiger partial charge in [-0.3, -0.25) is 14.5 Å². The molecule has 0 amide bonds. The maximum atomic E-state index is 12.6. The van der Waals surface area contributed by atoms with E-state index in [-0.39, 0.29) is 30.3 Å². The maximum absolute atomic E-state index is 12.6. The Bertz CT molecular complexity index is 721. The molecule has 146 valence electrons. The van der Waals surface area contributed by atoms with Crippen LogP contribution in [0.4, 0.5) is 0 Å². The molecule has 1 aromatic heterocycles. The number of aromatic nitrogens is 1. The van der Waals surface area contributed by atoms with Crippen LogP contribution in [0.15, 0.2) is 10.9 Å². The monoisotopic (exact) mass is 404 g/mol. The lowest BCUT2D eigenvalue weighted by Gasteiger charge is -2.34. The van der Waals surface area contributed by atoms with E-state index in [4.69, 9.17) is 14.6 Å². The Kier molecular flexibility index (Phi) is 6.75. The second kappa shape index (κ2) is 8.45. The van der Waals surface area contributed by atoms with Crippen LogP contribution in [0.25, 0.3) is 0 Å². The predicted octanol–water partition coefficient (Wildman–Crippen LogP) is 0.827. The summed E-state index contributed by atoms with van der Waals surface area (Å²) in [5, 5.41) is 8.86. The van der Waals surface area contributed by atoms with E-state index in [2.05, 4.69) is 9.88 Å². The maximum Gasteiger partial charge on any atom is 0.313 e. The Morgan fingerprint density at radius 2 is 2.23 bits per heavy atom. The van der Waals surface area contributed by atoms with Gasteiger partial charge in [0.25, 0.3) is 6.47 Å². The van der Waals surface area contributed by atoms with Crippen LogP contribution < -0.4 is 0 Å². The second-order valence-electron chi connectivity index (χ2n) is 6.73. The van der Waals surface area contributed by atoms with Crippen LogP contribution in [-0.4, -0.2) is 73.6 Å². The van der Waals surface area contributed by atoms with Gasteiger partial charge in [0.05, 0.1) is 29.5 Å². The van der Waals surface area contributed by atoms with Crippen molar-refractivity contribution in [3.05, 3.63) is 16.6 Å². The van der Waals surface area contributed by atoms with Gasteiger partial charge < -0.3 is 9.84 Å². The number of sulfone groups is 1. The lowest BCUT2D eigenvalue weighted by molar-refractivity contribution is -0.154. The molecule has 0 spiro atoms. The first-order valence-corrected chi connectivity index (χ1v) is 11.2. The van der Waals surface area contributed by atoms with Crippen molar-refractivity contribution in [2.45, 2.75) is 37.8 Å². The first-order chi connectivity index (χ1) is 12.3. The molecular formula is C16H24N2O6S2. The average molecular weight is 405 g/mol. The van der Waals surface area contributed by atoms with E-state index in [0.29, 0.717) is 13.0 Å². The molecule has 2 fully saturated rings. The first-order valence-electron chi connectivity index (χ1n) is 8.24. The van der Waals surface area contributed by atoms with Crippen molar-refractivity contribution in [3.8, 4) is 0 Å². The van der Waals surface area contributed by atoms with Crippen LogP contribution in [0.1, 0.15) is 25.0 Å². The molecule has 8 nitrogen and oxygen atoms in total. The summed E-state index contributed by atoms with van der Waals surface area (Å²) in [5.41, 5.74) is 2.09. The van der Waals surface area contributed by atoms with Crippen molar-refractivity contribution in [1.29, 1.82) is 0 Å². The highest BCUT2D eigenvalue weighted by atomic mass is 32.2. The van der Waals surface area contributed by atoms with E-state index in [1.807, 2.05) is 5.38 Å². The molecule has 2 saturated heterocycles.